The first kappa shape index (κ1) is 25.5. The molecular weight excluding hydrogens is 481 g/mol. The molecule has 0 spiro atoms. The molecule has 1 fully saturated rings. The Balaban J connectivity index is 0.00000420. The summed E-state index contributed by atoms with van der Waals surface area (Å²) in [5.41, 5.74) is 1.26. The second-order valence-electron chi connectivity index (χ2n) is 6.96. The number of methoxy groups -OCH3 is 1. The Bertz CT molecular complexity index is 618. The summed E-state index contributed by atoms with van der Waals surface area (Å²) in [6.07, 6.45) is 3.39. The Labute approximate surface area is 192 Å². The quantitative estimate of drug-likeness (QED) is 0.253. The molecule has 1 aromatic rings. The minimum Gasteiger partial charge on any atom is -0.497 e. The number of nitrogens with one attached hydrogen (secondary N) is 3. The van der Waals surface area contributed by atoms with Crippen molar-refractivity contribution in [3.63, 3.8) is 0 Å². The fraction of sp³-hybridized carbons (Fsp3) is 0.619. The number of hydrogen-bond donors (Lipinski definition) is 3. The Morgan fingerprint density at radius 1 is 1.14 bits per heavy atom. The van der Waals surface area contributed by atoms with E-state index >= 15 is 0 Å². The van der Waals surface area contributed by atoms with Gasteiger partial charge in [-0.25, -0.2) is 4.99 Å². The summed E-state index contributed by atoms with van der Waals surface area (Å²) in [6.45, 7) is 8.56. The van der Waals surface area contributed by atoms with Crippen molar-refractivity contribution in [2.75, 3.05) is 46.4 Å². The summed E-state index contributed by atoms with van der Waals surface area (Å²) in [5, 5.41) is 9.51. The number of rotatable bonds is 10. The van der Waals surface area contributed by atoms with Crippen molar-refractivity contribution in [1.29, 1.82) is 0 Å². The van der Waals surface area contributed by atoms with Crippen molar-refractivity contribution in [3.05, 3.63) is 29.8 Å². The lowest BCUT2D eigenvalue weighted by molar-refractivity contribution is -0.119. The van der Waals surface area contributed by atoms with Crippen LogP contribution in [0.2, 0.25) is 0 Å². The number of hydrogen-bond acceptors (Lipinski definition) is 4. The maximum absolute atomic E-state index is 11.8. The van der Waals surface area contributed by atoms with Gasteiger partial charge >= 0.3 is 0 Å². The van der Waals surface area contributed by atoms with Crippen molar-refractivity contribution in [1.82, 2.24) is 20.9 Å². The molecule has 1 amide bonds. The number of nitrogens with zero attached hydrogens (tertiary/aromatic N) is 2. The van der Waals surface area contributed by atoms with Crippen LogP contribution in [0.1, 0.15) is 44.7 Å². The average Bonchev–Trinajstić information content (AvgIpc) is 3.25. The molecule has 1 heterocycles. The molecule has 0 bridgehead atoms. The molecule has 1 unspecified atom stereocenters. The van der Waals surface area contributed by atoms with E-state index < -0.39 is 0 Å². The Hall–Kier alpha value is -1.55. The standard InChI is InChI=1S/C21H35N5O2.HI/c1-4-12-23-20(27)16-25-21(22-5-2)24-15-19(26-13-6-7-14-26)17-8-10-18(28-3)11-9-17;/h8-11,19H,4-7,12-16H2,1-3H3,(H,23,27)(H2,22,24,25);1H. The molecule has 0 saturated carbocycles. The van der Waals surface area contributed by atoms with Gasteiger partial charge in [0.2, 0.25) is 5.91 Å². The van der Waals surface area contributed by atoms with Crippen molar-refractivity contribution >= 4 is 35.8 Å². The van der Waals surface area contributed by atoms with E-state index in [2.05, 4.69) is 38.0 Å². The van der Waals surface area contributed by atoms with Crippen molar-refractivity contribution in [2.45, 2.75) is 39.2 Å². The molecule has 0 aliphatic carbocycles. The van der Waals surface area contributed by atoms with E-state index in [1.54, 1.807) is 7.11 Å². The molecule has 7 nitrogen and oxygen atoms in total. The Morgan fingerprint density at radius 2 is 1.83 bits per heavy atom. The first-order valence-corrected chi connectivity index (χ1v) is 10.3. The maximum atomic E-state index is 11.8. The number of benzene rings is 1. The Kier molecular flexibility index (Phi) is 12.7. The number of likely N-dealkylation sites (tertiary alicyclic amines) is 1. The number of ether oxygens (including phenoxy) is 1. The molecule has 1 aliphatic heterocycles. The number of carbonyl (C=O) groups excluding carboxylic acids is 1. The third-order valence-corrected chi connectivity index (χ3v) is 4.84. The summed E-state index contributed by atoms with van der Waals surface area (Å²) in [5.74, 6) is 1.49. The van der Waals surface area contributed by atoms with Crippen LogP contribution in [0.4, 0.5) is 0 Å². The first-order chi connectivity index (χ1) is 13.7. The zero-order chi connectivity index (χ0) is 20.2. The van der Waals surface area contributed by atoms with Crippen LogP contribution in [0.3, 0.4) is 0 Å². The highest BCUT2D eigenvalue weighted by Crippen LogP contribution is 2.26. The van der Waals surface area contributed by atoms with Crippen LogP contribution in [0, 0.1) is 0 Å². The summed E-state index contributed by atoms with van der Waals surface area (Å²) in [6, 6.07) is 8.54. The van der Waals surface area contributed by atoms with Gasteiger partial charge in [-0.05, 0) is 57.0 Å². The lowest BCUT2D eigenvalue weighted by Gasteiger charge is -2.29. The minimum absolute atomic E-state index is 0. The lowest BCUT2D eigenvalue weighted by Crippen LogP contribution is -2.43. The van der Waals surface area contributed by atoms with Crippen LogP contribution in [-0.4, -0.2) is 63.1 Å². The topological polar surface area (TPSA) is 78.0 Å². The molecule has 1 saturated heterocycles. The van der Waals surface area contributed by atoms with E-state index in [4.69, 9.17) is 4.74 Å². The van der Waals surface area contributed by atoms with Crippen LogP contribution < -0.4 is 20.7 Å². The Morgan fingerprint density at radius 3 is 2.41 bits per heavy atom. The molecule has 29 heavy (non-hydrogen) atoms. The van der Waals surface area contributed by atoms with E-state index in [-0.39, 0.29) is 42.5 Å². The van der Waals surface area contributed by atoms with E-state index in [0.29, 0.717) is 12.5 Å². The smallest absolute Gasteiger partial charge is 0.241 e. The molecule has 1 aromatic carbocycles. The SMILES string of the molecule is CCCNC(=O)CN=C(NCC)NCC(c1ccc(OC)cc1)N1CCCC1.I. The number of guanidine groups is 1. The van der Waals surface area contributed by atoms with Gasteiger partial charge in [-0.3, -0.25) is 9.69 Å². The van der Waals surface area contributed by atoms with Gasteiger partial charge in [0, 0.05) is 19.6 Å². The van der Waals surface area contributed by atoms with Crippen LogP contribution in [0.15, 0.2) is 29.3 Å². The summed E-state index contributed by atoms with van der Waals surface area (Å²) in [4.78, 5) is 18.8. The molecule has 3 N–H and O–H groups in total. The summed E-state index contributed by atoms with van der Waals surface area (Å²) >= 11 is 0. The van der Waals surface area contributed by atoms with Gasteiger partial charge in [-0.2, -0.15) is 0 Å². The van der Waals surface area contributed by atoms with Crippen molar-refractivity contribution in [2.24, 2.45) is 4.99 Å². The largest absolute Gasteiger partial charge is 0.497 e. The second-order valence-corrected chi connectivity index (χ2v) is 6.96. The monoisotopic (exact) mass is 517 g/mol. The molecule has 0 radical (unpaired) electrons. The van der Waals surface area contributed by atoms with Crippen LogP contribution in [0.5, 0.6) is 5.75 Å². The second kappa shape index (κ2) is 14.4. The van der Waals surface area contributed by atoms with Gasteiger partial charge in [-0.15, -0.1) is 24.0 Å². The fourth-order valence-corrected chi connectivity index (χ4v) is 3.34. The molecule has 0 aromatic heterocycles. The molecule has 1 atom stereocenters. The average molecular weight is 517 g/mol. The van der Waals surface area contributed by atoms with Crippen LogP contribution in [-0.2, 0) is 4.79 Å². The molecular formula is C21H36IN5O2. The highest BCUT2D eigenvalue weighted by atomic mass is 127. The molecule has 8 heteroatoms. The number of carbonyl (C=O) groups is 1. The highest BCUT2D eigenvalue weighted by molar-refractivity contribution is 14.0. The predicted molar refractivity (Wildman–Crippen MR) is 129 cm³/mol. The molecule has 2 rings (SSSR count). The third-order valence-electron chi connectivity index (χ3n) is 4.84. The molecule has 1 aliphatic rings. The minimum atomic E-state index is -0.0506. The highest BCUT2D eigenvalue weighted by Gasteiger charge is 2.23. The first-order valence-electron chi connectivity index (χ1n) is 10.3. The van der Waals surface area contributed by atoms with Gasteiger partial charge in [0.1, 0.15) is 12.3 Å². The van der Waals surface area contributed by atoms with Gasteiger partial charge < -0.3 is 20.7 Å². The number of aliphatic imine (C=N–C) groups is 1. The van der Waals surface area contributed by atoms with E-state index in [0.717, 1.165) is 38.3 Å². The van der Waals surface area contributed by atoms with E-state index in [9.17, 15) is 4.79 Å². The maximum Gasteiger partial charge on any atom is 0.241 e. The lowest BCUT2D eigenvalue weighted by atomic mass is 10.1. The van der Waals surface area contributed by atoms with Crippen molar-refractivity contribution in [3.8, 4) is 5.75 Å². The predicted octanol–water partition coefficient (Wildman–Crippen LogP) is 2.53. The third kappa shape index (κ3) is 8.77. The summed E-state index contributed by atoms with van der Waals surface area (Å²) < 4.78 is 5.29. The van der Waals surface area contributed by atoms with Gasteiger partial charge in [0.15, 0.2) is 5.96 Å². The zero-order valence-corrected chi connectivity index (χ0v) is 20.2. The van der Waals surface area contributed by atoms with Gasteiger partial charge in [-0.1, -0.05) is 19.1 Å². The van der Waals surface area contributed by atoms with Crippen molar-refractivity contribution < 1.29 is 9.53 Å². The number of halogens is 1. The van der Waals surface area contributed by atoms with Gasteiger partial charge in [0.25, 0.3) is 0 Å². The van der Waals surface area contributed by atoms with E-state index in [1.165, 1.54) is 18.4 Å². The molecule has 164 valence electrons. The van der Waals surface area contributed by atoms with E-state index in [1.807, 2.05) is 26.0 Å². The van der Waals surface area contributed by atoms with Crippen LogP contribution >= 0.6 is 24.0 Å². The number of amides is 1. The van der Waals surface area contributed by atoms with Crippen LogP contribution in [0.25, 0.3) is 0 Å². The summed E-state index contributed by atoms with van der Waals surface area (Å²) in [7, 11) is 1.68. The van der Waals surface area contributed by atoms with Gasteiger partial charge in [0.05, 0.1) is 13.2 Å². The zero-order valence-electron chi connectivity index (χ0n) is 17.9. The normalized spacial score (nSPS) is 15.3. The fourth-order valence-electron chi connectivity index (χ4n) is 3.34.